The number of ether oxygens (including phenoxy) is 1. The van der Waals surface area contributed by atoms with Gasteiger partial charge in [0.05, 0.1) is 10.6 Å². The normalized spacial score (nSPS) is 19.5. The second-order valence-corrected chi connectivity index (χ2v) is 8.48. The van der Waals surface area contributed by atoms with E-state index in [2.05, 4.69) is 0 Å². The van der Waals surface area contributed by atoms with Gasteiger partial charge < -0.3 is 14.5 Å². The molecule has 0 N–H and O–H groups in total. The molecular formula is C20H24ClFN2O3. The predicted octanol–water partition coefficient (Wildman–Crippen LogP) is 4.54. The molecule has 0 bridgehead atoms. The lowest BCUT2D eigenvalue weighted by Crippen LogP contribution is -2.59. The minimum absolute atomic E-state index is 0.0209. The Labute approximate surface area is 163 Å². The zero-order valence-corrected chi connectivity index (χ0v) is 16.6. The van der Waals surface area contributed by atoms with E-state index < -0.39 is 17.0 Å². The SMILES string of the molecule is CC(C)(C)OC(=O)N1CCC2(CC=CC(=O)N2c2ccc(Cl)c(F)c2)CC1. The van der Waals surface area contributed by atoms with Gasteiger partial charge in [0, 0.05) is 18.8 Å². The molecule has 2 amide bonds. The average molecular weight is 395 g/mol. The Morgan fingerprint density at radius 2 is 1.93 bits per heavy atom. The van der Waals surface area contributed by atoms with Crippen LogP contribution in [-0.4, -0.2) is 41.1 Å². The summed E-state index contributed by atoms with van der Waals surface area (Å²) in [6, 6.07) is 4.41. The van der Waals surface area contributed by atoms with Crippen LogP contribution in [0.1, 0.15) is 40.0 Å². The molecule has 0 radical (unpaired) electrons. The van der Waals surface area contributed by atoms with E-state index in [1.165, 1.54) is 18.2 Å². The van der Waals surface area contributed by atoms with Gasteiger partial charge in [-0.1, -0.05) is 17.7 Å². The number of carbonyl (C=O) groups excluding carboxylic acids is 2. The quantitative estimate of drug-likeness (QED) is 0.702. The van der Waals surface area contributed by atoms with Crippen LogP contribution in [0.25, 0.3) is 0 Å². The van der Waals surface area contributed by atoms with Gasteiger partial charge in [0.25, 0.3) is 5.91 Å². The topological polar surface area (TPSA) is 49.9 Å². The van der Waals surface area contributed by atoms with E-state index in [0.717, 1.165) is 0 Å². The van der Waals surface area contributed by atoms with Crippen LogP contribution in [0.2, 0.25) is 5.02 Å². The summed E-state index contributed by atoms with van der Waals surface area (Å²) < 4.78 is 19.4. The molecule has 146 valence electrons. The number of nitrogens with zero attached hydrogens (tertiary/aromatic N) is 2. The maximum atomic E-state index is 14.0. The molecule has 5 nitrogen and oxygen atoms in total. The Kier molecular flexibility index (Phi) is 5.21. The molecule has 27 heavy (non-hydrogen) atoms. The molecule has 1 aromatic rings. The molecule has 0 aliphatic carbocycles. The summed E-state index contributed by atoms with van der Waals surface area (Å²) in [5.74, 6) is -0.744. The van der Waals surface area contributed by atoms with E-state index in [1.807, 2.05) is 26.8 Å². The van der Waals surface area contributed by atoms with Gasteiger partial charge in [0.1, 0.15) is 11.4 Å². The van der Waals surface area contributed by atoms with E-state index in [0.29, 0.717) is 38.0 Å². The van der Waals surface area contributed by atoms with Crippen LogP contribution in [0, 0.1) is 5.82 Å². The van der Waals surface area contributed by atoms with Gasteiger partial charge in [0.2, 0.25) is 0 Å². The zero-order valence-electron chi connectivity index (χ0n) is 15.8. The van der Waals surface area contributed by atoms with Crippen molar-refractivity contribution in [1.29, 1.82) is 0 Å². The van der Waals surface area contributed by atoms with Gasteiger partial charge in [-0.05, 0) is 64.3 Å². The Hall–Kier alpha value is -2.08. The molecule has 1 spiro atoms. The molecule has 0 unspecified atom stereocenters. The van der Waals surface area contributed by atoms with Gasteiger partial charge in [0.15, 0.2) is 0 Å². The highest BCUT2D eigenvalue weighted by Gasteiger charge is 2.45. The number of anilines is 1. The first-order valence-electron chi connectivity index (χ1n) is 9.05. The van der Waals surface area contributed by atoms with Crippen LogP contribution in [-0.2, 0) is 9.53 Å². The van der Waals surface area contributed by atoms with Crippen molar-refractivity contribution in [1.82, 2.24) is 4.90 Å². The third kappa shape index (κ3) is 4.10. The summed E-state index contributed by atoms with van der Waals surface area (Å²) in [6.45, 7) is 6.44. The summed E-state index contributed by atoms with van der Waals surface area (Å²) in [6.07, 6.45) is 4.86. The molecule has 2 aliphatic rings. The number of likely N-dealkylation sites (tertiary alicyclic amines) is 1. The maximum Gasteiger partial charge on any atom is 0.410 e. The zero-order chi connectivity index (χ0) is 19.8. The molecule has 0 atom stereocenters. The van der Waals surface area contributed by atoms with Crippen LogP contribution in [0.15, 0.2) is 30.4 Å². The first kappa shape index (κ1) is 19.7. The summed E-state index contributed by atoms with van der Waals surface area (Å²) >= 11 is 5.79. The van der Waals surface area contributed by atoms with Crippen molar-refractivity contribution in [3.63, 3.8) is 0 Å². The number of hydrogen-bond acceptors (Lipinski definition) is 3. The lowest BCUT2D eigenvalue weighted by Gasteiger charge is -2.49. The highest BCUT2D eigenvalue weighted by atomic mass is 35.5. The molecule has 0 saturated carbocycles. The Morgan fingerprint density at radius 3 is 2.52 bits per heavy atom. The van der Waals surface area contributed by atoms with Gasteiger partial charge >= 0.3 is 6.09 Å². The lowest BCUT2D eigenvalue weighted by atomic mass is 9.80. The molecule has 1 aromatic carbocycles. The number of hydrogen-bond donors (Lipinski definition) is 0. The molecule has 1 fully saturated rings. The largest absolute Gasteiger partial charge is 0.444 e. The van der Waals surface area contributed by atoms with Crippen molar-refractivity contribution >= 4 is 29.3 Å². The molecule has 0 aromatic heterocycles. The number of benzene rings is 1. The molecule has 2 heterocycles. The number of piperidine rings is 1. The fourth-order valence-electron chi connectivity index (χ4n) is 3.66. The number of halogens is 2. The minimum Gasteiger partial charge on any atom is -0.444 e. The van der Waals surface area contributed by atoms with E-state index >= 15 is 0 Å². The smallest absolute Gasteiger partial charge is 0.410 e. The fourth-order valence-corrected chi connectivity index (χ4v) is 3.78. The van der Waals surface area contributed by atoms with Crippen molar-refractivity contribution in [3.05, 3.63) is 41.2 Å². The average Bonchev–Trinajstić information content (AvgIpc) is 2.57. The summed E-state index contributed by atoms with van der Waals surface area (Å²) in [5.41, 5.74) is -0.551. The number of rotatable bonds is 1. The monoisotopic (exact) mass is 394 g/mol. The summed E-state index contributed by atoms with van der Waals surface area (Å²) in [7, 11) is 0. The van der Waals surface area contributed by atoms with Crippen molar-refractivity contribution in [3.8, 4) is 0 Å². The van der Waals surface area contributed by atoms with Crippen LogP contribution < -0.4 is 4.90 Å². The van der Waals surface area contributed by atoms with Crippen molar-refractivity contribution in [2.24, 2.45) is 0 Å². The van der Waals surface area contributed by atoms with Crippen molar-refractivity contribution in [2.45, 2.75) is 51.2 Å². The maximum absolute atomic E-state index is 14.0. The van der Waals surface area contributed by atoms with E-state index in [4.69, 9.17) is 16.3 Å². The molecule has 1 saturated heterocycles. The highest BCUT2D eigenvalue weighted by Crippen LogP contribution is 2.39. The van der Waals surface area contributed by atoms with E-state index in [1.54, 1.807) is 15.9 Å². The van der Waals surface area contributed by atoms with Crippen LogP contribution in [0.5, 0.6) is 0 Å². The lowest BCUT2D eigenvalue weighted by molar-refractivity contribution is -0.116. The first-order valence-corrected chi connectivity index (χ1v) is 9.43. The summed E-state index contributed by atoms with van der Waals surface area (Å²) in [4.78, 5) is 28.3. The van der Waals surface area contributed by atoms with Gasteiger partial charge in [-0.25, -0.2) is 9.18 Å². The Bertz CT molecular complexity index is 780. The van der Waals surface area contributed by atoms with Crippen LogP contribution in [0.4, 0.5) is 14.9 Å². The summed E-state index contributed by atoms with van der Waals surface area (Å²) in [5, 5.41) is 0.0209. The fraction of sp³-hybridized carbons (Fsp3) is 0.500. The van der Waals surface area contributed by atoms with Gasteiger partial charge in [-0.2, -0.15) is 0 Å². The third-order valence-electron chi connectivity index (χ3n) is 4.96. The Morgan fingerprint density at radius 1 is 1.26 bits per heavy atom. The van der Waals surface area contributed by atoms with Gasteiger partial charge in [-0.15, -0.1) is 0 Å². The second kappa shape index (κ2) is 7.15. The van der Waals surface area contributed by atoms with E-state index in [9.17, 15) is 14.0 Å². The predicted molar refractivity (Wildman–Crippen MR) is 102 cm³/mol. The van der Waals surface area contributed by atoms with Crippen molar-refractivity contribution in [2.75, 3.05) is 18.0 Å². The highest BCUT2D eigenvalue weighted by molar-refractivity contribution is 6.30. The van der Waals surface area contributed by atoms with Gasteiger partial charge in [-0.3, -0.25) is 4.79 Å². The molecule has 7 heteroatoms. The standard InChI is InChI=1S/C20H24ClFN2O3/c1-19(2,3)27-18(26)23-11-9-20(10-12-23)8-4-5-17(25)24(20)14-6-7-15(21)16(22)13-14/h4-7,13H,8-12H2,1-3H3. The Balaban J connectivity index is 1.82. The minimum atomic E-state index is -0.558. The van der Waals surface area contributed by atoms with Crippen molar-refractivity contribution < 1.29 is 18.7 Å². The molecule has 2 aliphatic heterocycles. The van der Waals surface area contributed by atoms with E-state index in [-0.39, 0.29) is 17.0 Å². The third-order valence-corrected chi connectivity index (χ3v) is 5.27. The second-order valence-electron chi connectivity index (χ2n) is 8.07. The van der Waals surface area contributed by atoms with Crippen LogP contribution in [0.3, 0.4) is 0 Å². The molecular weight excluding hydrogens is 371 g/mol. The first-order chi connectivity index (χ1) is 12.6. The number of amides is 2. The molecule has 3 rings (SSSR count). The van der Waals surface area contributed by atoms with Crippen LogP contribution >= 0.6 is 11.6 Å². The number of carbonyl (C=O) groups is 2.